The summed E-state index contributed by atoms with van der Waals surface area (Å²) in [6.07, 6.45) is 1.06. The van der Waals surface area contributed by atoms with Crippen LogP contribution in [0.4, 0.5) is 0 Å². The lowest BCUT2D eigenvalue weighted by atomic mass is 10.0. The number of halogens is 2. The van der Waals surface area contributed by atoms with Gasteiger partial charge < -0.3 is 0 Å². The first kappa shape index (κ1) is 10.1. The summed E-state index contributed by atoms with van der Waals surface area (Å²) in [5, 5.41) is 0.818. The van der Waals surface area contributed by atoms with Gasteiger partial charge in [-0.1, -0.05) is 40.5 Å². The van der Waals surface area contributed by atoms with Gasteiger partial charge in [0.2, 0.25) is 0 Å². The van der Waals surface area contributed by atoms with Gasteiger partial charge in [-0.05, 0) is 36.6 Å². The van der Waals surface area contributed by atoms with Gasteiger partial charge in [-0.2, -0.15) is 0 Å². The Morgan fingerprint density at radius 3 is 2.67 bits per heavy atom. The SMILES string of the molecule is Cc1cc(Cl)ccc1CC(C)Br. The molecule has 0 aliphatic rings. The van der Waals surface area contributed by atoms with Gasteiger partial charge in [-0.25, -0.2) is 0 Å². The Morgan fingerprint density at radius 2 is 2.17 bits per heavy atom. The molecule has 0 saturated carbocycles. The molecule has 1 rings (SSSR count). The van der Waals surface area contributed by atoms with Crippen LogP contribution in [0.3, 0.4) is 0 Å². The lowest BCUT2D eigenvalue weighted by molar-refractivity contribution is 0.949. The van der Waals surface area contributed by atoms with Gasteiger partial charge in [0.25, 0.3) is 0 Å². The van der Waals surface area contributed by atoms with Crippen LogP contribution in [-0.2, 0) is 6.42 Å². The average molecular weight is 248 g/mol. The van der Waals surface area contributed by atoms with E-state index in [1.165, 1.54) is 11.1 Å². The van der Waals surface area contributed by atoms with Crippen LogP contribution in [0.1, 0.15) is 18.1 Å². The maximum absolute atomic E-state index is 5.84. The van der Waals surface area contributed by atoms with Crippen LogP contribution < -0.4 is 0 Å². The van der Waals surface area contributed by atoms with E-state index < -0.39 is 0 Å². The van der Waals surface area contributed by atoms with E-state index in [1.54, 1.807) is 0 Å². The van der Waals surface area contributed by atoms with Gasteiger partial charge in [-0.15, -0.1) is 0 Å². The largest absolute Gasteiger partial charge is 0.0890 e. The lowest BCUT2D eigenvalue weighted by Crippen LogP contribution is -1.98. The highest BCUT2D eigenvalue weighted by Gasteiger charge is 2.02. The number of aryl methyl sites for hydroxylation is 1. The number of hydrogen-bond donors (Lipinski definition) is 0. The average Bonchev–Trinajstić information content (AvgIpc) is 1.94. The van der Waals surface area contributed by atoms with Crippen LogP contribution >= 0.6 is 27.5 Å². The third-order valence-corrected chi connectivity index (χ3v) is 2.36. The second kappa shape index (κ2) is 4.29. The molecule has 0 fully saturated rings. The highest BCUT2D eigenvalue weighted by atomic mass is 79.9. The van der Waals surface area contributed by atoms with E-state index in [1.807, 2.05) is 12.1 Å². The number of rotatable bonds is 2. The highest BCUT2D eigenvalue weighted by molar-refractivity contribution is 9.09. The lowest BCUT2D eigenvalue weighted by Gasteiger charge is -2.07. The fraction of sp³-hybridized carbons (Fsp3) is 0.400. The molecule has 0 amide bonds. The standard InChI is InChI=1S/C10H12BrCl/c1-7-5-10(12)4-3-9(7)6-8(2)11/h3-5,8H,6H2,1-2H3. The summed E-state index contributed by atoms with van der Waals surface area (Å²) in [7, 11) is 0. The smallest absolute Gasteiger partial charge is 0.0408 e. The molecule has 0 heterocycles. The molecule has 0 N–H and O–H groups in total. The van der Waals surface area contributed by atoms with Gasteiger partial charge in [0.05, 0.1) is 0 Å². The molecule has 0 aliphatic carbocycles. The summed E-state index contributed by atoms with van der Waals surface area (Å²) < 4.78 is 0. The fourth-order valence-electron chi connectivity index (χ4n) is 1.19. The highest BCUT2D eigenvalue weighted by Crippen LogP contribution is 2.18. The summed E-state index contributed by atoms with van der Waals surface area (Å²) >= 11 is 9.37. The molecule has 0 aliphatic heterocycles. The molecule has 1 unspecified atom stereocenters. The molecule has 66 valence electrons. The third-order valence-electron chi connectivity index (χ3n) is 1.81. The fourth-order valence-corrected chi connectivity index (χ4v) is 1.77. The Labute approximate surface area is 87.1 Å². The first-order chi connectivity index (χ1) is 5.59. The Hall–Kier alpha value is -0.0100. The molecule has 0 saturated heterocycles. The van der Waals surface area contributed by atoms with Crippen molar-refractivity contribution >= 4 is 27.5 Å². The Balaban J connectivity index is 2.86. The maximum atomic E-state index is 5.84. The number of hydrogen-bond acceptors (Lipinski definition) is 0. The van der Waals surface area contributed by atoms with Crippen molar-refractivity contribution in [1.82, 2.24) is 0 Å². The molecule has 1 aromatic carbocycles. The van der Waals surface area contributed by atoms with Crippen LogP contribution in [0, 0.1) is 6.92 Å². The van der Waals surface area contributed by atoms with Crippen LogP contribution in [0.15, 0.2) is 18.2 Å². The molecule has 1 atom stereocenters. The first-order valence-electron chi connectivity index (χ1n) is 3.98. The molecule has 2 heteroatoms. The molecule has 0 bridgehead atoms. The first-order valence-corrected chi connectivity index (χ1v) is 5.28. The van der Waals surface area contributed by atoms with Gasteiger partial charge in [-0.3, -0.25) is 0 Å². The molecule has 0 radical (unpaired) electrons. The van der Waals surface area contributed by atoms with E-state index in [2.05, 4.69) is 35.8 Å². The van der Waals surface area contributed by atoms with Crippen LogP contribution in [0.25, 0.3) is 0 Å². The van der Waals surface area contributed by atoms with Crippen LogP contribution in [0.5, 0.6) is 0 Å². The minimum absolute atomic E-state index is 0.525. The quantitative estimate of drug-likeness (QED) is 0.694. The summed E-state index contributed by atoms with van der Waals surface area (Å²) in [5.41, 5.74) is 2.64. The second-order valence-electron chi connectivity index (χ2n) is 3.06. The van der Waals surface area contributed by atoms with E-state index in [-0.39, 0.29) is 0 Å². The van der Waals surface area contributed by atoms with Crippen LogP contribution in [0.2, 0.25) is 5.02 Å². The van der Waals surface area contributed by atoms with Crippen molar-refractivity contribution in [1.29, 1.82) is 0 Å². The Kier molecular flexibility index (Phi) is 3.60. The zero-order valence-corrected chi connectivity index (χ0v) is 9.61. The molecule has 1 aromatic rings. The molecule has 12 heavy (non-hydrogen) atoms. The van der Waals surface area contributed by atoms with Gasteiger partial charge in [0, 0.05) is 9.85 Å². The zero-order chi connectivity index (χ0) is 9.14. The van der Waals surface area contributed by atoms with Crippen molar-refractivity contribution in [3.63, 3.8) is 0 Å². The molecule has 0 aromatic heterocycles. The molecule has 0 spiro atoms. The summed E-state index contributed by atoms with van der Waals surface area (Å²) in [4.78, 5) is 0.525. The van der Waals surface area contributed by atoms with E-state index in [9.17, 15) is 0 Å². The summed E-state index contributed by atoms with van der Waals surface area (Å²) in [6, 6.07) is 6.04. The van der Waals surface area contributed by atoms with E-state index in [4.69, 9.17) is 11.6 Å². The molecular formula is C10H12BrCl. The number of benzene rings is 1. The van der Waals surface area contributed by atoms with E-state index in [0.29, 0.717) is 4.83 Å². The normalized spacial score (nSPS) is 13.0. The van der Waals surface area contributed by atoms with Crippen molar-refractivity contribution < 1.29 is 0 Å². The predicted octanol–water partition coefficient (Wildman–Crippen LogP) is 3.97. The molecule has 0 nitrogen and oxygen atoms in total. The summed E-state index contributed by atoms with van der Waals surface area (Å²) in [5.74, 6) is 0. The van der Waals surface area contributed by atoms with Gasteiger partial charge in [0.1, 0.15) is 0 Å². The zero-order valence-electron chi connectivity index (χ0n) is 7.27. The van der Waals surface area contributed by atoms with E-state index >= 15 is 0 Å². The minimum atomic E-state index is 0.525. The minimum Gasteiger partial charge on any atom is -0.0890 e. The van der Waals surface area contributed by atoms with Gasteiger partial charge in [0.15, 0.2) is 0 Å². The Morgan fingerprint density at radius 1 is 1.50 bits per heavy atom. The molecular weight excluding hydrogens is 235 g/mol. The van der Waals surface area contributed by atoms with E-state index in [0.717, 1.165) is 11.4 Å². The summed E-state index contributed by atoms with van der Waals surface area (Å²) in [6.45, 7) is 4.24. The van der Waals surface area contributed by atoms with Crippen LogP contribution in [-0.4, -0.2) is 4.83 Å². The third kappa shape index (κ3) is 2.80. The Bertz CT molecular complexity index is 269. The van der Waals surface area contributed by atoms with Crippen molar-refractivity contribution in [3.8, 4) is 0 Å². The van der Waals surface area contributed by atoms with Gasteiger partial charge >= 0.3 is 0 Å². The van der Waals surface area contributed by atoms with Crippen molar-refractivity contribution in [2.24, 2.45) is 0 Å². The predicted molar refractivity (Wildman–Crippen MR) is 58.3 cm³/mol. The maximum Gasteiger partial charge on any atom is 0.0408 e. The monoisotopic (exact) mass is 246 g/mol. The second-order valence-corrected chi connectivity index (χ2v) is 5.06. The topological polar surface area (TPSA) is 0 Å². The van der Waals surface area contributed by atoms with Crippen molar-refractivity contribution in [3.05, 3.63) is 34.3 Å². The van der Waals surface area contributed by atoms with Crippen molar-refractivity contribution in [2.45, 2.75) is 25.1 Å². The number of alkyl halides is 1. The van der Waals surface area contributed by atoms with Crippen molar-refractivity contribution in [2.75, 3.05) is 0 Å².